The molecule has 2 heterocycles. The molecule has 6 heteroatoms. The summed E-state index contributed by atoms with van der Waals surface area (Å²) in [4.78, 5) is 12.5. The molecule has 3 aromatic rings. The van der Waals surface area contributed by atoms with Gasteiger partial charge in [0, 0.05) is 16.7 Å². The molecule has 5 nitrogen and oxygen atoms in total. The summed E-state index contributed by atoms with van der Waals surface area (Å²) < 4.78 is 8.20. The van der Waals surface area contributed by atoms with Gasteiger partial charge in [0.2, 0.25) is 0 Å². The number of carbonyl (C=O) groups is 1. The van der Waals surface area contributed by atoms with Gasteiger partial charge in [-0.3, -0.25) is 9.48 Å². The second-order valence-electron chi connectivity index (χ2n) is 5.59. The van der Waals surface area contributed by atoms with E-state index in [2.05, 4.69) is 26.3 Å². The van der Waals surface area contributed by atoms with Gasteiger partial charge < -0.3 is 9.73 Å². The van der Waals surface area contributed by atoms with E-state index in [-0.39, 0.29) is 11.9 Å². The highest BCUT2D eigenvalue weighted by atomic mass is 79.9. The van der Waals surface area contributed by atoms with Crippen LogP contribution in [0, 0.1) is 13.8 Å². The van der Waals surface area contributed by atoms with E-state index in [0.29, 0.717) is 12.1 Å². The molecule has 1 aromatic carbocycles. The molecule has 1 atom stereocenters. The summed E-state index contributed by atoms with van der Waals surface area (Å²) in [6, 6.07) is 12.9. The van der Waals surface area contributed by atoms with E-state index in [9.17, 15) is 4.79 Å². The molecule has 0 aliphatic heterocycles. The molecule has 0 fully saturated rings. The summed E-state index contributed by atoms with van der Waals surface area (Å²) in [5, 5.41) is 7.50. The van der Waals surface area contributed by atoms with Crippen LogP contribution in [0.25, 0.3) is 0 Å². The van der Waals surface area contributed by atoms with E-state index in [0.717, 1.165) is 21.6 Å². The van der Waals surface area contributed by atoms with Crippen LogP contribution in [-0.4, -0.2) is 22.2 Å². The molecule has 1 N–H and O–H groups in total. The number of amides is 1. The average Bonchev–Trinajstić information content (AvgIpc) is 3.18. The maximum atomic E-state index is 12.5. The van der Waals surface area contributed by atoms with Crippen molar-refractivity contribution in [1.29, 1.82) is 0 Å². The molecule has 24 heavy (non-hydrogen) atoms. The molecule has 0 spiro atoms. The van der Waals surface area contributed by atoms with Gasteiger partial charge in [-0.2, -0.15) is 5.10 Å². The first kappa shape index (κ1) is 16.5. The number of hydrogen-bond acceptors (Lipinski definition) is 3. The number of aryl methyl sites for hydroxylation is 2. The Hall–Kier alpha value is -2.34. The molecule has 2 aromatic heterocycles. The largest absolute Gasteiger partial charge is 0.467 e. The molecule has 0 aliphatic rings. The number of furan rings is 1. The van der Waals surface area contributed by atoms with Gasteiger partial charge in [-0.25, -0.2) is 0 Å². The summed E-state index contributed by atoms with van der Waals surface area (Å²) in [5.41, 5.74) is 2.55. The Balaban J connectivity index is 1.82. The Morgan fingerprint density at radius 2 is 2.08 bits per heavy atom. The van der Waals surface area contributed by atoms with Gasteiger partial charge in [0.05, 0.1) is 17.5 Å². The highest BCUT2D eigenvalue weighted by molar-refractivity contribution is 9.10. The number of hydrogen-bond donors (Lipinski definition) is 1. The maximum absolute atomic E-state index is 12.5. The third-order valence-electron chi connectivity index (χ3n) is 3.79. The zero-order chi connectivity index (χ0) is 17.1. The van der Waals surface area contributed by atoms with Crippen molar-refractivity contribution < 1.29 is 9.21 Å². The number of rotatable bonds is 5. The number of nitrogens with one attached hydrogen (secondary N) is 1. The van der Waals surface area contributed by atoms with Crippen LogP contribution in [-0.2, 0) is 0 Å². The van der Waals surface area contributed by atoms with Crippen molar-refractivity contribution in [3.05, 3.63) is 75.9 Å². The molecule has 0 aliphatic carbocycles. The normalized spacial score (nSPS) is 12.1. The first-order valence-corrected chi connectivity index (χ1v) is 8.44. The fourth-order valence-corrected chi connectivity index (χ4v) is 3.14. The van der Waals surface area contributed by atoms with E-state index >= 15 is 0 Å². The van der Waals surface area contributed by atoms with Crippen molar-refractivity contribution in [1.82, 2.24) is 15.1 Å². The van der Waals surface area contributed by atoms with Gasteiger partial charge in [-0.05, 0) is 60.1 Å². The molecule has 3 rings (SSSR count). The summed E-state index contributed by atoms with van der Waals surface area (Å²) in [6.45, 7) is 4.32. The van der Waals surface area contributed by atoms with E-state index in [1.807, 2.05) is 54.9 Å². The average molecular weight is 388 g/mol. The lowest BCUT2D eigenvalue weighted by molar-refractivity contribution is 0.0947. The van der Waals surface area contributed by atoms with Crippen LogP contribution >= 0.6 is 15.9 Å². The van der Waals surface area contributed by atoms with Crippen LogP contribution in [0.4, 0.5) is 0 Å². The van der Waals surface area contributed by atoms with Gasteiger partial charge in [0.25, 0.3) is 5.91 Å². The Kier molecular flexibility index (Phi) is 4.85. The third kappa shape index (κ3) is 3.43. The minimum atomic E-state index is -0.194. The third-order valence-corrected chi connectivity index (χ3v) is 4.48. The van der Waals surface area contributed by atoms with E-state index < -0.39 is 0 Å². The van der Waals surface area contributed by atoms with Crippen molar-refractivity contribution in [2.45, 2.75) is 19.9 Å². The molecule has 1 amide bonds. The lowest BCUT2D eigenvalue weighted by Crippen LogP contribution is -2.32. The molecule has 124 valence electrons. The predicted molar refractivity (Wildman–Crippen MR) is 95.0 cm³/mol. The number of nitrogens with zero attached hydrogens (tertiary/aromatic N) is 2. The quantitative estimate of drug-likeness (QED) is 0.722. The topological polar surface area (TPSA) is 60.1 Å². The predicted octanol–water partition coefficient (Wildman–Crippen LogP) is 3.87. The van der Waals surface area contributed by atoms with Gasteiger partial charge in [-0.1, -0.05) is 12.1 Å². The zero-order valence-corrected chi connectivity index (χ0v) is 15.1. The minimum Gasteiger partial charge on any atom is -0.467 e. The van der Waals surface area contributed by atoms with Crippen molar-refractivity contribution in [2.24, 2.45) is 0 Å². The van der Waals surface area contributed by atoms with Crippen molar-refractivity contribution in [3.8, 4) is 0 Å². The minimum absolute atomic E-state index is 0.138. The van der Waals surface area contributed by atoms with Crippen molar-refractivity contribution >= 4 is 21.8 Å². The fourth-order valence-electron chi connectivity index (χ4n) is 2.68. The molecule has 0 unspecified atom stereocenters. The summed E-state index contributed by atoms with van der Waals surface area (Å²) >= 11 is 3.41. The molecular formula is C18H18BrN3O2. The monoisotopic (exact) mass is 387 g/mol. The molecule has 0 saturated heterocycles. The number of aromatic nitrogens is 2. The number of benzene rings is 1. The SMILES string of the molecule is Cc1cc(C)n([C@@H](CNC(=O)c2ccccc2Br)c2ccco2)n1. The van der Waals surface area contributed by atoms with E-state index in [1.54, 1.807) is 12.3 Å². The van der Waals surface area contributed by atoms with E-state index in [4.69, 9.17) is 4.42 Å². The van der Waals surface area contributed by atoms with Gasteiger partial charge >= 0.3 is 0 Å². The highest BCUT2D eigenvalue weighted by Crippen LogP contribution is 2.21. The summed E-state index contributed by atoms with van der Waals surface area (Å²) in [7, 11) is 0. The molecule has 0 bridgehead atoms. The highest BCUT2D eigenvalue weighted by Gasteiger charge is 2.21. The fraction of sp³-hybridized carbons (Fsp3) is 0.222. The van der Waals surface area contributed by atoms with Gasteiger partial charge in [-0.15, -0.1) is 0 Å². The first-order valence-electron chi connectivity index (χ1n) is 7.65. The second-order valence-corrected chi connectivity index (χ2v) is 6.45. The van der Waals surface area contributed by atoms with Crippen LogP contribution in [0.3, 0.4) is 0 Å². The molecular weight excluding hydrogens is 370 g/mol. The lowest BCUT2D eigenvalue weighted by atomic mass is 10.2. The van der Waals surface area contributed by atoms with Crippen molar-refractivity contribution in [3.63, 3.8) is 0 Å². The van der Waals surface area contributed by atoms with Crippen LogP contribution in [0.5, 0.6) is 0 Å². The van der Waals surface area contributed by atoms with Crippen molar-refractivity contribution in [2.75, 3.05) is 6.54 Å². The smallest absolute Gasteiger partial charge is 0.252 e. The number of carbonyl (C=O) groups excluding carboxylic acids is 1. The summed E-state index contributed by atoms with van der Waals surface area (Å²) in [6.07, 6.45) is 1.63. The summed E-state index contributed by atoms with van der Waals surface area (Å²) in [5.74, 6) is 0.620. The maximum Gasteiger partial charge on any atom is 0.252 e. The lowest BCUT2D eigenvalue weighted by Gasteiger charge is -2.18. The Bertz CT molecular complexity index is 840. The van der Waals surface area contributed by atoms with Crippen LogP contribution in [0.1, 0.15) is 33.5 Å². The van der Waals surface area contributed by atoms with Gasteiger partial charge in [0.1, 0.15) is 11.8 Å². The zero-order valence-electron chi connectivity index (χ0n) is 13.5. The number of halogens is 1. The molecule has 0 saturated carbocycles. The van der Waals surface area contributed by atoms with E-state index in [1.165, 1.54) is 0 Å². The van der Waals surface area contributed by atoms with Crippen LogP contribution in [0.15, 0.2) is 57.6 Å². The standard InChI is InChI=1S/C18H18BrN3O2/c1-12-10-13(2)22(21-12)16(17-8-5-9-24-17)11-20-18(23)14-6-3-4-7-15(14)19/h3-10,16H,11H2,1-2H3,(H,20,23)/t16-/m0/s1. The first-order chi connectivity index (χ1) is 11.6. The van der Waals surface area contributed by atoms with Gasteiger partial charge in [0.15, 0.2) is 0 Å². The molecule has 0 radical (unpaired) electrons. The Labute approximate surface area is 148 Å². The second kappa shape index (κ2) is 7.05. The van der Waals surface area contributed by atoms with Crippen LogP contribution in [0.2, 0.25) is 0 Å². The van der Waals surface area contributed by atoms with Crippen LogP contribution < -0.4 is 5.32 Å². The Morgan fingerprint density at radius 3 is 2.71 bits per heavy atom. The Morgan fingerprint density at radius 1 is 1.29 bits per heavy atom.